The fourth-order valence-electron chi connectivity index (χ4n) is 5.79. The van der Waals surface area contributed by atoms with Crippen molar-refractivity contribution >= 4 is 11.8 Å². The number of piperidine rings is 3. The summed E-state index contributed by atoms with van der Waals surface area (Å²) < 4.78 is 6.44. The number of urea groups is 1. The van der Waals surface area contributed by atoms with Crippen LogP contribution in [0.25, 0.3) is 0 Å². The average molecular weight is 377 g/mol. The number of nitrogens with zero attached hydrogens (tertiary/aromatic N) is 2. The molecular formula is C19H31N5O3. The van der Waals surface area contributed by atoms with Crippen LogP contribution in [0.5, 0.6) is 0 Å². The molecule has 3 N–H and O–H groups in total. The Morgan fingerprint density at radius 1 is 1.11 bits per heavy atom. The molecule has 5 fully saturated rings. The van der Waals surface area contributed by atoms with Gasteiger partial charge in [-0.15, -0.1) is 0 Å². The summed E-state index contributed by atoms with van der Waals surface area (Å²) in [6.45, 7) is 4.81. The summed E-state index contributed by atoms with van der Waals surface area (Å²) in [5, 5.41) is 10.2. The molecule has 0 aliphatic carbocycles. The zero-order chi connectivity index (χ0) is 18.5. The van der Waals surface area contributed by atoms with Gasteiger partial charge in [-0.2, -0.15) is 0 Å². The van der Waals surface area contributed by atoms with Crippen LogP contribution in [0.1, 0.15) is 45.4 Å². The van der Waals surface area contributed by atoms with Crippen molar-refractivity contribution in [3.05, 3.63) is 0 Å². The summed E-state index contributed by atoms with van der Waals surface area (Å²) in [6.07, 6.45) is 5.51. The number of nitrogens with one attached hydrogen (secondary N) is 3. The van der Waals surface area contributed by atoms with Crippen LogP contribution in [0, 0.1) is 5.92 Å². The van der Waals surface area contributed by atoms with E-state index >= 15 is 0 Å². The highest BCUT2D eigenvalue weighted by atomic mass is 16.5. The quantitative estimate of drug-likeness (QED) is 0.559. The van der Waals surface area contributed by atoms with Crippen LogP contribution in [0.2, 0.25) is 0 Å². The van der Waals surface area contributed by atoms with E-state index in [4.69, 9.17) is 4.74 Å². The molecule has 2 bridgehead atoms. The average Bonchev–Trinajstić information content (AvgIpc) is 2.99. The van der Waals surface area contributed by atoms with E-state index in [0.717, 1.165) is 51.7 Å². The highest BCUT2D eigenvalue weighted by molar-refractivity contribution is 5.83. The number of fused-ring (bicyclic) bond motifs is 2. The Kier molecular flexibility index (Phi) is 4.62. The van der Waals surface area contributed by atoms with Gasteiger partial charge in [0.05, 0.1) is 30.6 Å². The number of ether oxygens (including phenoxy) is 1. The van der Waals surface area contributed by atoms with E-state index in [1.165, 1.54) is 0 Å². The van der Waals surface area contributed by atoms with Crippen LogP contribution in [-0.4, -0.2) is 78.0 Å². The van der Waals surface area contributed by atoms with Crippen LogP contribution >= 0.6 is 0 Å². The molecule has 150 valence electrons. The van der Waals surface area contributed by atoms with Crippen molar-refractivity contribution in [2.45, 2.75) is 82.2 Å². The third-order valence-corrected chi connectivity index (χ3v) is 7.10. The maximum absolute atomic E-state index is 12.9. The molecule has 8 nitrogen and oxygen atoms in total. The summed E-state index contributed by atoms with van der Waals surface area (Å²) in [6, 6.07) is -0.0303. The van der Waals surface area contributed by atoms with Gasteiger partial charge in [-0.25, -0.2) is 4.79 Å². The molecule has 0 saturated carbocycles. The van der Waals surface area contributed by atoms with Gasteiger partial charge in [-0.1, -0.05) is 0 Å². The van der Waals surface area contributed by atoms with Gasteiger partial charge < -0.3 is 15.0 Å². The monoisotopic (exact) mass is 377 g/mol. The fraction of sp³-hybridized carbons (Fsp3) is 0.895. The Bertz CT molecular complexity index is 616. The summed E-state index contributed by atoms with van der Waals surface area (Å²) in [5.41, 5.74) is 0. The first-order valence-electron chi connectivity index (χ1n) is 10.6. The standard InChI is InChI=1S/C19H31N5O3/c1-11-3-2-9-23-10-7-13(25)12-4-5-15(21-18(12)23)24-16-14(27-11)6-8-20-17(16)22-19(24)26/h11-12,14-18,20-21H,2-10H2,1H3,(H,22,26)/t11-,12?,14?,15?,16?,17?,18?/m0/s1. The Balaban J connectivity index is 1.47. The van der Waals surface area contributed by atoms with Crippen LogP contribution in [0.3, 0.4) is 0 Å². The SMILES string of the molecule is C[C@H]1CCCN2CCC(=O)C3CCC(NC32)N2C(=O)NC3NCCC(O1)C32. The van der Waals surface area contributed by atoms with Crippen molar-refractivity contribution in [2.75, 3.05) is 19.6 Å². The maximum atomic E-state index is 12.9. The van der Waals surface area contributed by atoms with E-state index in [1.54, 1.807) is 0 Å². The van der Waals surface area contributed by atoms with Crippen molar-refractivity contribution in [3.63, 3.8) is 0 Å². The van der Waals surface area contributed by atoms with Crippen molar-refractivity contribution in [3.8, 4) is 0 Å². The van der Waals surface area contributed by atoms with Crippen molar-refractivity contribution < 1.29 is 14.3 Å². The van der Waals surface area contributed by atoms with Crippen molar-refractivity contribution in [2.24, 2.45) is 5.92 Å². The van der Waals surface area contributed by atoms with E-state index in [1.807, 2.05) is 4.90 Å². The summed E-state index contributed by atoms with van der Waals surface area (Å²) in [5.74, 6) is 0.445. The molecule has 27 heavy (non-hydrogen) atoms. The van der Waals surface area contributed by atoms with E-state index < -0.39 is 0 Å². The summed E-state index contributed by atoms with van der Waals surface area (Å²) >= 11 is 0. The number of hydrogen-bond donors (Lipinski definition) is 3. The molecule has 5 heterocycles. The second kappa shape index (κ2) is 6.99. The molecule has 5 rings (SSSR count). The van der Waals surface area contributed by atoms with Gasteiger partial charge >= 0.3 is 6.03 Å². The van der Waals surface area contributed by atoms with Gasteiger partial charge in [0.15, 0.2) is 0 Å². The lowest BCUT2D eigenvalue weighted by Gasteiger charge is -2.50. The Morgan fingerprint density at radius 3 is 2.89 bits per heavy atom. The van der Waals surface area contributed by atoms with Gasteiger partial charge in [0.2, 0.25) is 0 Å². The van der Waals surface area contributed by atoms with Crippen molar-refractivity contribution in [1.82, 2.24) is 25.8 Å². The first kappa shape index (κ1) is 17.8. The highest BCUT2D eigenvalue weighted by Gasteiger charge is 2.52. The molecule has 6 unspecified atom stereocenters. The summed E-state index contributed by atoms with van der Waals surface area (Å²) in [7, 11) is 0. The van der Waals surface area contributed by atoms with Crippen LogP contribution < -0.4 is 16.0 Å². The number of Topliss-reactive ketones (excluding diaryl/α,β-unsaturated/α-hetero) is 1. The smallest absolute Gasteiger partial charge is 0.320 e. The minimum absolute atomic E-state index is 0.00470. The Labute approximate surface area is 160 Å². The van der Waals surface area contributed by atoms with Gasteiger partial charge in [0.1, 0.15) is 11.9 Å². The van der Waals surface area contributed by atoms with Gasteiger partial charge in [-0.3, -0.25) is 20.3 Å². The minimum Gasteiger partial charge on any atom is -0.373 e. The van der Waals surface area contributed by atoms with Crippen LogP contribution in [0.4, 0.5) is 4.79 Å². The normalized spacial score (nSPS) is 45.5. The Hall–Kier alpha value is -1.22. The first-order valence-corrected chi connectivity index (χ1v) is 10.6. The molecule has 5 aliphatic heterocycles. The molecule has 0 aromatic carbocycles. The number of carbonyl (C=O) groups excluding carboxylic acids is 2. The van der Waals surface area contributed by atoms with Crippen LogP contribution in [-0.2, 0) is 9.53 Å². The zero-order valence-electron chi connectivity index (χ0n) is 16.0. The summed E-state index contributed by atoms with van der Waals surface area (Å²) in [4.78, 5) is 29.8. The maximum Gasteiger partial charge on any atom is 0.320 e. The number of carbonyl (C=O) groups is 2. The lowest BCUT2D eigenvalue weighted by Crippen LogP contribution is -2.68. The molecule has 8 heteroatoms. The topological polar surface area (TPSA) is 85.9 Å². The minimum atomic E-state index is -0.0602. The number of ketones is 1. The molecule has 5 saturated heterocycles. The second-order valence-electron chi connectivity index (χ2n) is 8.76. The van der Waals surface area contributed by atoms with Crippen LogP contribution in [0.15, 0.2) is 0 Å². The first-order chi connectivity index (χ1) is 13.1. The third-order valence-electron chi connectivity index (χ3n) is 7.10. The van der Waals surface area contributed by atoms with E-state index in [-0.39, 0.29) is 48.7 Å². The second-order valence-corrected chi connectivity index (χ2v) is 8.76. The van der Waals surface area contributed by atoms with Crippen molar-refractivity contribution in [1.29, 1.82) is 0 Å². The molecule has 7 atom stereocenters. The fourth-order valence-corrected chi connectivity index (χ4v) is 5.79. The molecule has 2 amide bonds. The lowest BCUT2D eigenvalue weighted by atomic mass is 9.84. The lowest BCUT2D eigenvalue weighted by molar-refractivity contribution is -0.135. The Morgan fingerprint density at radius 2 is 2.00 bits per heavy atom. The van der Waals surface area contributed by atoms with E-state index in [9.17, 15) is 9.59 Å². The number of rotatable bonds is 0. The van der Waals surface area contributed by atoms with Gasteiger partial charge in [-0.05, 0) is 52.1 Å². The zero-order valence-corrected chi connectivity index (χ0v) is 16.0. The van der Waals surface area contributed by atoms with Gasteiger partial charge in [0, 0.05) is 18.9 Å². The molecule has 0 spiro atoms. The number of hydrogen-bond acceptors (Lipinski definition) is 6. The third kappa shape index (κ3) is 3.06. The molecular weight excluding hydrogens is 346 g/mol. The molecule has 5 aliphatic rings. The largest absolute Gasteiger partial charge is 0.373 e. The van der Waals surface area contributed by atoms with Gasteiger partial charge in [0.25, 0.3) is 0 Å². The predicted molar refractivity (Wildman–Crippen MR) is 98.8 cm³/mol. The van der Waals surface area contributed by atoms with E-state index in [2.05, 4.69) is 27.8 Å². The molecule has 0 radical (unpaired) electrons. The molecule has 0 aromatic heterocycles. The number of amides is 2. The van der Waals surface area contributed by atoms with E-state index in [0.29, 0.717) is 12.2 Å². The predicted octanol–water partition coefficient (Wildman–Crippen LogP) is 0.194. The highest BCUT2D eigenvalue weighted by Crippen LogP contribution is 2.34. The molecule has 0 aromatic rings.